The lowest BCUT2D eigenvalue weighted by molar-refractivity contribution is -0.143. The van der Waals surface area contributed by atoms with Crippen molar-refractivity contribution in [3.63, 3.8) is 0 Å². The van der Waals surface area contributed by atoms with Gasteiger partial charge >= 0.3 is 5.97 Å². The monoisotopic (exact) mass is 339 g/mol. The summed E-state index contributed by atoms with van der Waals surface area (Å²) in [7, 11) is 1.55. The van der Waals surface area contributed by atoms with Crippen molar-refractivity contribution in [1.82, 2.24) is 14.7 Å². The van der Waals surface area contributed by atoms with Crippen LogP contribution in [0.2, 0.25) is 0 Å². The number of fused-ring (bicyclic) bond motifs is 1. The smallest absolute Gasteiger partial charge is 0.325 e. The number of methoxy groups -OCH3 is 1. The van der Waals surface area contributed by atoms with E-state index in [9.17, 15) is 9.59 Å². The molecule has 0 aliphatic carbocycles. The third kappa shape index (κ3) is 4.14. The SMILES string of the molecule is COc1ccc(C(=O)NCC(=O)OCc2cn3ccccc3n2)cc1. The maximum Gasteiger partial charge on any atom is 0.325 e. The van der Waals surface area contributed by atoms with Crippen molar-refractivity contribution < 1.29 is 19.1 Å². The Morgan fingerprint density at radius 2 is 1.96 bits per heavy atom. The molecule has 2 heterocycles. The van der Waals surface area contributed by atoms with Crippen molar-refractivity contribution in [2.45, 2.75) is 6.61 Å². The normalized spacial score (nSPS) is 10.4. The molecule has 0 fully saturated rings. The number of carbonyl (C=O) groups excluding carboxylic acids is 2. The van der Waals surface area contributed by atoms with Gasteiger partial charge in [-0.05, 0) is 36.4 Å². The number of nitrogens with zero attached hydrogens (tertiary/aromatic N) is 2. The fourth-order valence-corrected chi connectivity index (χ4v) is 2.26. The van der Waals surface area contributed by atoms with E-state index in [0.717, 1.165) is 5.65 Å². The standard InChI is InChI=1S/C18H17N3O4/c1-24-15-7-5-13(6-8-15)18(23)19-10-17(22)25-12-14-11-21-9-3-2-4-16(21)20-14/h2-9,11H,10,12H2,1H3,(H,19,23). The highest BCUT2D eigenvalue weighted by Crippen LogP contribution is 2.11. The minimum absolute atomic E-state index is 0.0545. The highest BCUT2D eigenvalue weighted by molar-refractivity contribution is 5.96. The van der Waals surface area contributed by atoms with Crippen LogP contribution < -0.4 is 10.1 Å². The Kier molecular flexibility index (Phi) is 4.94. The zero-order valence-electron chi connectivity index (χ0n) is 13.6. The Morgan fingerprint density at radius 1 is 1.16 bits per heavy atom. The second-order valence-corrected chi connectivity index (χ2v) is 5.27. The quantitative estimate of drug-likeness (QED) is 0.693. The number of amides is 1. The van der Waals surface area contributed by atoms with Crippen LogP contribution in [0, 0.1) is 0 Å². The summed E-state index contributed by atoms with van der Waals surface area (Å²) in [5.41, 5.74) is 1.86. The zero-order chi connectivity index (χ0) is 17.6. The Balaban J connectivity index is 1.47. The van der Waals surface area contributed by atoms with Crippen molar-refractivity contribution in [2.24, 2.45) is 0 Å². The first-order chi connectivity index (χ1) is 12.2. The Morgan fingerprint density at radius 3 is 2.68 bits per heavy atom. The Hall–Kier alpha value is -3.35. The fourth-order valence-electron chi connectivity index (χ4n) is 2.26. The maximum atomic E-state index is 12.0. The molecule has 3 rings (SSSR count). The van der Waals surface area contributed by atoms with E-state index in [1.165, 1.54) is 0 Å². The summed E-state index contributed by atoms with van der Waals surface area (Å²) in [6.45, 7) is -0.156. The number of aromatic nitrogens is 2. The minimum Gasteiger partial charge on any atom is -0.497 e. The van der Waals surface area contributed by atoms with Crippen LogP contribution in [0.1, 0.15) is 16.1 Å². The molecule has 0 aliphatic heterocycles. The maximum absolute atomic E-state index is 12.0. The predicted molar refractivity (Wildman–Crippen MR) is 90.3 cm³/mol. The van der Waals surface area contributed by atoms with E-state index < -0.39 is 5.97 Å². The predicted octanol–water partition coefficient (Wildman–Crippen LogP) is 1.82. The van der Waals surface area contributed by atoms with E-state index in [1.54, 1.807) is 37.6 Å². The van der Waals surface area contributed by atoms with Gasteiger partial charge in [0, 0.05) is 18.0 Å². The van der Waals surface area contributed by atoms with Crippen molar-refractivity contribution in [3.8, 4) is 5.75 Å². The van der Waals surface area contributed by atoms with Gasteiger partial charge in [0.05, 0.1) is 12.8 Å². The molecule has 0 spiro atoms. The van der Waals surface area contributed by atoms with Crippen molar-refractivity contribution in [2.75, 3.05) is 13.7 Å². The summed E-state index contributed by atoms with van der Waals surface area (Å²) in [5.74, 6) is -0.227. The van der Waals surface area contributed by atoms with E-state index >= 15 is 0 Å². The van der Waals surface area contributed by atoms with Gasteiger partial charge in [-0.2, -0.15) is 0 Å². The van der Waals surface area contributed by atoms with Crippen LogP contribution >= 0.6 is 0 Å². The number of pyridine rings is 1. The molecule has 0 unspecified atom stereocenters. The van der Waals surface area contributed by atoms with E-state index in [1.807, 2.05) is 28.8 Å². The molecule has 0 radical (unpaired) electrons. The van der Waals surface area contributed by atoms with Crippen molar-refractivity contribution in [3.05, 3.63) is 66.1 Å². The molecule has 2 aromatic heterocycles. The summed E-state index contributed by atoms with van der Waals surface area (Å²) in [4.78, 5) is 28.1. The summed E-state index contributed by atoms with van der Waals surface area (Å²) >= 11 is 0. The highest BCUT2D eigenvalue weighted by Gasteiger charge is 2.10. The van der Waals surface area contributed by atoms with Gasteiger partial charge in [0.2, 0.25) is 0 Å². The number of nitrogens with one attached hydrogen (secondary N) is 1. The van der Waals surface area contributed by atoms with Gasteiger partial charge in [0.25, 0.3) is 5.91 Å². The van der Waals surface area contributed by atoms with Gasteiger partial charge in [0.15, 0.2) is 0 Å². The lowest BCUT2D eigenvalue weighted by Crippen LogP contribution is -2.30. The topological polar surface area (TPSA) is 81.9 Å². The number of benzene rings is 1. The molecule has 0 saturated heterocycles. The van der Waals surface area contributed by atoms with Crippen LogP contribution in [-0.2, 0) is 16.1 Å². The summed E-state index contributed by atoms with van der Waals surface area (Å²) in [6, 6.07) is 12.2. The van der Waals surface area contributed by atoms with Crippen LogP contribution in [0.4, 0.5) is 0 Å². The molecule has 1 amide bonds. The average molecular weight is 339 g/mol. The number of hydrogen-bond donors (Lipinski definition) is 1. The number of esters is 1. The molecule has 128 valence electrons. The molecular weight excluding hydrogens is 322 g/mol. The number of hydrogen-bond acceptors (Lipinski definition) is 5. The lowest BCUT2D eigenvalue weighted by Gasteiger charge is -2.06. The summed E-state index contributed by atoms with van der Waals surface area (Å²) < 4.78 is 12.0. The molecule has 7 nitrogen and oxygen atoms in total. The van der Waals surface area contributed by atoms with Crippen molar-refractivity contribution in [1.29, 1.82) is 0 Å². The fraction of sp³-hybridized carbons (Fsp3) is 0.167. The van der Waals surface area contributed by atoms with Gasteiger partial charge in [-0.25, -0.2) is 4.98 Å². The van der Waals surface area contributed by atoms with Gasteiger partial charge in [-0.1, -0.05) is 6.07 Å². The Bertz CT molecular complexity index is 854. The first-order valence-electron chi connectivity index (χ1n) is 7.66. The minimum atomic E-state index is -0.529. The van der Waals surface area contributed by atoms with E-state index in [4.69, 9.17) is 9.47 Å². The second kappa shape index (κ2) is 7.48. The van der Waals surface area contributed by atoms with Gasteiger partial charge < -0.3 is 19.2 Å². The van der Waals surface area contributed by atoms with Crippen LogP contribution in [0.5, 0.6) is 5.75 Å². The number of imidazole rings is 1. The molecule has 0 bridgehead atoms. The third-order valence-corrected chi connectivity index (χ3v) is 3.54. The van der Waals surface area contributed by atoms with Gasteiger partial charge in [0.1, 0.15) is 24.5 Å². The van der Waals surface area contributed by atoms with E-state index in [0.29, 0.717) is 17.0 Å². The molecule has 25 heavy (non-hydrogen) atoms. The molecule has 0 atom stereocenters. The molecule has 1 aromatic carbocycles. The molecule has 0 aliphatic rings. The molecule has 1 N–H and O–H groups in total. The largest absolute Gasteiger partial charge is 0.497 e. The first-order valence-corrected chi connectivity index (χ1v) is 7.66. The zero-order valence-corrected chi connectivity index (χ0v) is 13.6. The number of carbonyl (C=O) groups is 2. The van der Waals surface area contributed by atoms with Crippen LogP contribution in [0.25, 0.3) is 5.65 Å². The molecular formula is C18H17N3O4. The van der Waals surface area contributed by atoms with Crippen LogP contribution in [0.3, 0.4) is 0 Å². The van der Waals surface area contributed by atoms with Gasteiger partial charge in [-0.3, -0.25) is 9.59 Å². The summed E-state index contributed by atoms with van der Waals surface area (Å²) in [6.07, 6.45) is 3.65. The summed E-state index contributed by atoms with van der Waals surface area (Å²) in [5, 5.41) is 2.52. The molecule has 3 aromatic rings. The van der Waals surface area contributed by atoms with Crippen molar-refractivity contribution >= 4 is 17.5 Å². The number of ether oxygens (including phenoxy) is 2. The van der Waals surface area contributed by atoms with E-state index in [-0.39, 0.29) is 19.1 Å². The second-order valence-electron chi connectivity index (χ2n) is 5.27. The molecule has 0 saturated carbocycles. The lowest BCUT2D eigenvalue weighted by atomic mass is 10.2. The van der Waals surface area contributed by atoms with Crippen LogP contribution in [-0.4, -0.2) is 34.9 Å². The van der Waals surface area contributed by atoms with Gasteiger partial charge in [-0.15, -0.1) is 0 Å². The van der Waals surface area contributed by atoms with E-state index in [2.05, 4.69) is 10.3 Å². The van der Waals surface area contributed by atoms with Crippen LogP contribution in [0.15, 0.2) is 54.9 Å². The highest BCUT2D eigenvalue weighted by atomic mass is 16.5. The first kappa shape index (κ1) is 16.5. The third-order valence-electron chi connectivity index (χ3n) is 3.54. The average Bonchev–Trinajstić information content (AvgIpc) is 3.07. The Labute approximate surface area is 144 Å². The molecule has 7 heteroatoms. The number of rotatable bonds is 6.